The Balaban J connectivity index is 0.000000810. The fourth-order valence-corrected chi connectivity index (χ4v) is 1.26. The summed E-state index contributed by atoms with van der Waals surface area (Å²) in [5.41, 5.74) is 0. The normalized spacial score (nSPS) is 33.9. The third-order valence-electron chi connectivity index (χ3n) is 1.84. The van der Waals surface area contributed by atoms with E-state index in [0.29, 0.717) is 0 Å². The first-order valence-corrected chi connectivity index (χ1v) is 3.28. The Hall–Kier alpha value is 0.170. The molecule has 0 aromatic carbocycles. The van der Waals surface area contributed by atoms with Gasteiger partial charge in [-0.15, -0.1) is 12.4 Å². The fraction of sp³-hybridized carbons (Fsp3) is 1.00. The summed E-state index contributed by atoms with van der Waals surface area (Å²) < 4.78 is 0. The second-order valence-electron chi connectivity index (χ2n) is 2.68. The largest absolute Gasteiger partial charge is 0.390 e. The minimum atomic E-state index is -0.181. The highest BCUT2D eigenvalue weighted by Crippen LogP contribution is 2.05. The van der Waals surface area contributed by atoms with Crippen LogP contribution in [0.5, 0.6) is 0 Å². The van der Waals surface area contributed by atoms with Crippen molar-refractivity contribution in [3.05, 3.63) is 0 Å². The lowest BCUT2D eigenvalue weighted by molar-refractivity contribution is 0.160. The number of β-amino-alcohol motifs (C(OH)–C–C–N with tert-alkyl or cyclic N) is 1. The molecule has 1 heterocycles. The van der Waals surface area contributed by atoms with Gasteiger partial charge in [0.1, 0.15) is 0 Å². The number of likely N-dealkylation sites (N-methyl/N-ethyl adjacent to an activating group) is 2. The van der Waals surface area contributed by atoms with Crippen LogP contribution in [0.1, 0.15) is 0 Å². The van der Waals surface area contributed by atoms with E-state index >= 15 is 0 Å². The van der Waals surface area contributed by atoms with E-state index < -0.39 is 0 Å². The van der Waals surface area contributed by atoms with Gasteiger partial charge in [0.25, 0.3) is 0 Å². The van der Waals surface area contributed by atoms with E-state index in [0.717, 1.165) is 13.1 Å². The van der Waals surface area contributed by atoms with Crippen molar-refractivity contribution in [3.8, 4) is 0 Å². The molecule has 0 amide bonds. The topological polar surface area (TPSA) is 35.5 Å². The summed E-state index contributed by atoms with van der Waals surface area (Å²) in [6.07, 6.45) is -0.181. The predicted molar refractivity (Wildman–Crippen MR) is 43.6 cm³/mol. The number of hydrogen-bond acceptors (Lipinski definition) is 3. The number of likely N-dealkylation sites (tertiary alicyclic amines) is 1. The van der Waals surface area contributed by atoms with E-state index in [1.54, 1.807) is 0 Å². The van der Waals surface area contributed by atoms with E-state index in [2.05, 4.69) is 10.2 Å². The van der Waals surface area contributed by atoms with E-state index in [4.69, 9.17) is 0 Å². The Morgan fingerprint density at radius 1 is 1.50 bits per heavy atom. The number of rotatable bonds is 1. The molecule has 0 radical (unpaired) electrons. The van der Waals surface area contributed by atoms with Gasteiger partial charge in [-0.3, -0.25) is 0 Å². The van der Waals surface area contributed by atoms with Gasteiger partial charge in [-0.25, -0.2) is 0 Å². The van der Waals surface area contributed by atoms with Crippen LogP contribution in [0.3, 0.4) is 0 Å². The van der Waals surface area contributed by atoms with Gasteiger partial charge in [0.2, 0.25) is 0 Å². The third kappa shape index (κ3) is 2.09. The molecule has 1 aliphatic rings. The summed E-state index contributed by atoms with van der Waals surface area (Å²) in [4.78, 5) is 2.12. The molecule has 0 spiro atoms. The second-order valence-corrected chi connectivity index (χ2v) is 2.68. The van der Waals surface area contributed by atoms with Gasteiger partial charge in [0.15, 0.2) is 0 Å². The maximum atomic E-state index is 9.26. The zero-order valence-electron chi connectivity index (χ0n) is 6.37. The molecule has 62 valence electrons. The molecule has 4 heteroatoms. The molecule has 0 aromatic rings. The summed E-state index contributed by atoms with van der Waals surface area (Å²) in [7, 11) is 3.90. The van der Waals surface area contributed by atoms with Crippen molar-refractivity contribution in [2.24, 2.45) is 0 Å². The number of aliphatic hydroxyl groups excluding tert-OH is 1. The molecule has 3 nitrogen and oxygen atoms in total. The van der Waals surface area contributed by atoms with Crippen LogP contribution in [0.4, 0.5) is 0 Å². The van der Waals surface area contributed by atoms with Crippen LogP contribution < -0.4 is 5.32 Å². The minimum Gasteiger partial charge on any atom is -0.390 e. The summed E-state index contributed by atoms with van der Waals surface area (Å²) in [6.45, 7) is 1.75. The van der Waals surface area contributed by atoms with Gasteiger partial charge in [-0.2, -0.15) is 0 Å². The molecule has 2 N–H and O–H groups in total. The average molecular weight is 167 g/mol. The van der Waals surface area contributed by atoms with Gasteiger partial charge < -0.3 is 15.3 Å². The van der Waals surface area contributed by atoms with Crippen molar-refractivity contribution >= 4 is 12.4 Å². The average Bonchev–Trinajstić information content (AvgIpc) is 2.10. The zero-order chi connectivity index (χ0) is 6.85. The van der Waals surface area contributed by atoms with Crippen molar-refractivity contribution in [2.45, 2.75) is 12.1 Å². The Morgan fingerprint density at radius 3 is 2.30 bits per heavy atom. The highest BCUT2D eigenvalue weighted by atomic mass is 35.5. The maximum absolute atomic E-state index is 9.26. The van der Waals surface area contributed by atoms with Crippen LogP contribution in [-0.4, -0.2) is 49.3 Å². The molecule has 1 aliphatic heterocycles. The van der Waals surface area contributed by atoms with Gasteiger partial charge in [-0.1, -0.05) is 0 Å². The highest BCUT2D eigenvalue weighted by molar-refractivity contribution is 5.85. The lowest BCUT2D eigenvalue weighted by atomic mass is 10.2. The molecule has 1 rings (SSSR count). The SMILES string of the molecule is CN[C@H]1CN(C)C[C@@H]1O.Cl. The first-order chi connectivity index (χ1) is 4.24. The van der Waals surface area contributed by atoms with Crippen LogP contribution in [0.2, 0.25) is 0 Å². The van der Waals surface area contributed by atoms with E-state index in [9.17, 15) is 5.11 Å². The van der Waals surface area contributed by atoms with Gasteiger partial charge >= 0.3 is 0 Å². The lowest BCUT2D eigenvalue weighted by Crippen LogP contribution is -2.36. The molecular formula is C6H15ClN2O. The second kappa shape index (κ2) is 4.13. The Morgan fingerprint density at radius 2 is 2.10 bits per heavy atom. The van der Waals surface area contributed by atoms with Crippen LogP contribution in [0.25, 0.3) is 0 Å². The molecule has 10 heavy (non-hydrogen) atoms. The number of nitrogens with one attached hydrogen (secondary N) is 1. The van der Waals surface area contributed by atoms with Gasteiger partial charge in [0, 0.05) is 19.1 Å². The summed E-state index contributed by atoms with van der Waals surface area (Å²) in [5.74, 6) is 0. The van der Waals surface area contributed by atoms with Crippen LogP contribution in [-0.2, 0) is 0 Å². The molecule has 0 bridgehead atoms. The number of hydrogen-bond donors (Lipinski definition) is 2. The quantitative estimate of drug-likeness (QED) is 0.541. The molecule has 0 aliphatic carbocycles. The molecular weight excluding hydrogens is 152 g/mol. The Kier molecular flexibility index (Phi) is 4.20. The van der Waals surface area contributed by atoms with Crippen LogP contribution in [0.15, 0.2) is 0 Å². The standard InChI is InChI=1S/C6H14N2O.ClH/c1-7-5-3-8(2)4-6(5)9;/h5-7,9H,3-4H2,1-2H3;1H/t5-,6-;/m0./s1. The molecule has 0 aromatic heterocycles. The van der Waals surface area contributed by atoms with Crippen molar-refractivity contribution < 1.29 is 5.11 Å². The number of aliphatic hydroxyl groups is 1. The lowest BCUT2D eigenvalue weighted by Gasteiger charge is -2.10. The Labute approximate surface area is 67.8 Å². The van der Waals surface area contributed by atoms with Crippen molar-refractivity contribution in [1.29, 1.82) is 0 Å². The highest BCUT2D eigenvalue weighted by Gasteiger charge is 2.26. The van der Waals surface area contributed by atoms with Crippen LogP contribution >= 0.6 is 12.4 Å². The molecule has 0 saturated carbocycles. The van der Waals surface area contributed by atoms with Crippen molar-refractivity contribution in [3.63, 3.8) is 0 Å². The molecule has 2 atom stereocenters. The predicted octanol–water partition coefficient (Wildman–Crippen LogP) is -0.697. The summed E-state index contributed by atoms with van der Waals surface area (Å²) in [6, 6.07) is 0.273. The fourth-order valence-electron chi connectivity index (χ4n) is 1.26. The minimum absolute atomic E-state index is 0. The van der Waals surface area contributed by atoms with Crippen LogP contribution in [0, 0.1) is 0 Å². The van der Waals surface area contributed by atoms with Crippen molar-refractivity contribution in [1.82, 2.24) is 10.2 Å². The molecule has 1 fully saturated rings. The third-order valence-corrected chi connectivity index (χ3v) is 1.84. The van der Waals surface area contributed by atoms with Gasteiger partial charge in [0.05, 0.1) is 6.10 Å². The first kappa shape index (κ1) is 10.2. The smallest absolute Gasteiger partial charge is 0.0832 e. The van der Waals surface area contributed by atoms with Crippen molar-refractivity contribution in [2.75, 3.05) is 27.2 Å². The molecule has 1 saturated heterocycles. The maximum Gasteiger partial charge on any atom is 0.0832 e. The number of halogens is 1. The first-order valence-electron chi connectivity index (χ1n) is 3.28. The zero-order valence-corrected chi connectivity index (χ0v) is 7.19. The van der Waals surface area contributed by atoms with E-state index in [1.165, 1.54) is 0 Å². The monoisotopic (exact) mass is 166 g/mol. The van der Waals surface area contributed by atoms with Gasteiger partial charge in [-0.05, 0) is 14.1 Å². The van der Waals surface area contributed by atoms with E-state index in [-0.39, 0.29) is 24.6 Å². The summed E-state index contributed by atoms with van der Waals surface area (Å²) >= 11 is 0. The number of nitrogens with zero attached hydrogens (tertiary/aromatic N) is 1. The Bertz CT molecular complexity index is 102. The van der Waals surface area contributed by atoms with E-state index in [1.807, 2.05) is 14.1 Å². The molecule has 0 unspecified atom stereocenters. The summed E-state index contributed by atoms with van der Waals surface area (Å²) in [5, 5.41) is 12.3.